The van der Waals surface area contributed by atoms with Crippen molar-refractivity contribution in [3.05, 3.63) is 24.3 Å². The Labute approximate surface area is 101 Å². The molecule has 16 heavy (non-hydrogen) atoms. The Bertz CT molecular complexity index is 430. The molecule has 0 aliphatic heterocycles. The highest BCUT2D eigenvalue weighted by Gasteiger charge is 2.16. The van der Waals surface area contributed by atoms with Gasteiger partial charge in [0.25, 0.3) is 0 Å². The lowest BCUT2D eigenvalue weighted by Crippen LogP contribution is -2.33. The number of sulfonamides is 1. The van der Waals surface area contributed by atoms with Crippen molar-refractivity contribution in [2.75, 3.05) is 13.0 Å². The van der Waals surface area contributed by atoms with Gasteiger partial charge in [0, 0.05) is 11.9 Å². The normalized spacial score (nSPS) is 13.4. The maximum Gasteiger partial charge on any atom is 0.240 e. The Balaban J connectivity index is 2.90. The Morgan fingerprint density at radius 2 is 1.94 bits per heavy atom. The van der Waals surface area contributed by atoms with Gasteiger partial charge in [-0.2, -0.15) is 0 Å². The van der Waals surface area contributed by atoms with Crippen molar-refractivity contribution in [2.45, 2.75) is 17.9 Å². The third-order valence-electron chi connectivity index (χ3n) is 1.96. The summed E-state index contributed by atoms with van der Waals surface area (Å²) < 4.78 is 31.0. The smallest absolute Gasteiger partial charge is 0.240 e. The molecule has 1 N–H and O–H groups in total. The van der Waals surface area contributed by atoms with Gasteiger partial charge < -0.3 is 4.74 Å². The van der Waals surface area contributed by atoms with E-state index in [4.69, 9.17) is 16.3 Å². The number of halogens is 1. The van der Waals surface area contributed by atoms with Crippen LogP contribution in [0.1, 0.15) is 6.92 Å². The molecular weight excluding hydrogens is 250 g/mol. The standard InChI is InChI=1S/C10H14ClNO3S/c1-8(7-11)12-16(13,14)10-5-3-9(15-2)4-6-10/h3-6,8,12H,7H2,1-2H3. The molecule has 90 valence electrons. The summed E-state index contributed by atoms with van der Waals surface area (Å²) in [5, 5.41) is 0. The second kappa shape index (κ2) is 5.52. The zero-order valence-corrected chi connectivity index (χ0v) is 10.7. The summed E-state index contributed by atoms with van der Waals surface area (Å²) in [6.45, 7) is 1.70. The lowest BCUT2D eigenvalue weighted by atomic mass is 10.3. The van der Waals surface area contributed by atoms with Crippen LogP contribution in [-0.2, 0) is 10.0 Å². The van der Waals surface area contributed by atoms with Gasteiger partial charge in [0.2, 0.25) is 10.0 Å². The zero-order chi connectivity index (χ0) is 12.2. The van der Waals surface area contributed by atoms with Gasteiger partial charge in [0.05, 0.1) is 12.0 Å². The number of methoxy groups -OCH3 is 1. The van der Waals surface area contributed by atoms with Gasteiger partial charge in [-0.05, 0) is 31.2 Å². The summed E-state index contributed by atoms with van der Waals surface area (Å²) >= 11 is 5.55. The summed E-state index contributed by atoms with van der Waals surface area (Å²) in [5.41, 5.74) is 0. The van der Waals surface area contributed by atoms with E-state index < -0.39 is 10.0 Å². The average molecular weight is 264 g/mol. The van der Waals surface area contributed by atoms with Crippen LogP contribution in [0.25, 0.3) is 0 Å². The molecular formula is C10H14ClNO3S. The van der Waals surface area contributed by atoms with Crippen LogP contribution in [0.3, 0.4) is 0 Å². The molecule has 0 heterocycles. The lowest BCUT2D eigenvalue weighted by molar-refractivity contribution is 0.414. The molecule has 1 unspecified atom stereocenters. The number of rotatable bonds is 5. The molecule has 0 bridgehead atoms. The monoisotopic (exact) mass is 263 g/mol. The van der Waals surface area contributed by atoms with E-state index in [0.29, 0.717) is 5.75 Å². The summed E-state index contributed by atoms with van der Waals surface area (Å²) in [6, 6.07) is 5.87. The predicted octanol–water partition coefficient (Wildman–Crippen LogP) is 1.60. The zero-order valence-electron chi connectivity index (χ0n) is 9.10. The minimum atomic E-state index is -3.49. The molecule has 0 fully saturated rings. The van der Waals surface area contributed by atoms with Gasteiger partial charge in [-0.15, -0.1) is 11.6 Å². The molecule has 0 amide bonds. The van der Waals surface area contributed by atoms with E-state index in [1.807, 2.05) is 0 Å². The third kappa shape index (κ3) is 3.37. The van der Waals surface area contributed by atoms with Crippen molar-refractivity contribution in [1.82, 2.24) is 4.72 Å². The van der Waals surface area contributed by atoms with Gasteiger partial charge in [0.15, 0.2) is 0 Å². The van der Waals surface area contributed by atoms with Gasteiger partial charge in [-0.1, -0.05) is 0 Å². The number of nitrogens with one attached hydrogen (secondary N) is 1. The van der Waals surface area contributed by atoms with Crippen molar-refractivity contribution >= 4 is 21.6 Å². The molecule has 1 aromatic rings. The Morgan fingerprint density at radius 3 is 2.38 bits per heavy atom. The predicted molar refractivity (Wildman–Crippen MR) is 63.5 cm³/mol. The van der Waals surface area contributed by atoms with Crippen LogP contribution in [-0.4, -0.2) is 27.4 Å². The molecule has 1 rings (SSSR count). The first kappa shape index (κ1) is 13.3. The van der Waals surface area contributed by atoms with Crippen molar-refractivity contribution < 1.29 is 13.2 Å². The highest BCUT2D eigenvalue weighted by molar-refractivity contribution is 7.89. The first-order chi connectivity index (χ1) is 7.49. The first-order valence-electron chi connectivity index (χ1n) is 4.72. The molecule has 0 aliphatic rings. The van der Waals surface area contributed by atoms with E-state index in [1.165, 1.54) is 19.2 Å². The van der Waals surface area contributed by atoms with Crippen LogP contribution in [0.2, 0.25) is 0 Å². The number of alkyl halides is 1. The second-order valence-corrected chi connectivity index (χ2v) is 5.37. The van der Waals surface area contributed by atoms with Crippen LogP contribution in [0.4, 0.5) is 0 Å². The van der Waals surface area contributed by atoms with Crippen molar-refractivity contribution in [2.24, 2.45) is 0 Å². The van der Waals surface area contributed by atoms with Crippen molar-refractivity contribution in [1.29, 1.82) is 0 Å². The van der Waals surface area contributed by atoms with Crippen molar-refractivity contribution in [3.8, 4) is 5.75 Å². The fraction of sp³-hybridized carbons (Fsp3) is 0.400. The van der Waals surface area contributed by atoms with E-state index in [9.17, 15) is 8.42 Å². The Hall–Kier alpha value is -0.780. The van der Waals surface area contributed by atoms with Gasteiger partial charge in [-0.25, -0.2) is 13.1 Å². The average Bonchev–Trinajstić information content (AvgIpc) is 2.28. The number of ether oxygens (including phenoxy) is 1. The molecule has 0 spiro atoms. The molecule has 0 aromatic heterocycles. The molecule has 0 radical (unpaired) electrons. The molecule has 4 nitrogen and oxygen atoms in total. The summed E-state index contributed by atoms with van der Waals surface area (Å²) in [5.74, 6) is 0.847. The van der Waals surface area contributed by atoms with E-state index in [0.717, 1.165) is 0 Å². The minimum Gasteiger partial charge on any atom is -0.497 e. The van der Waals surface area contributed by atoms with Gasteiger partial charge in [0.1, 0.15) is 5.75 Å². The lowest BCUT2D eigenvalue weighted by Gasteiger charge is -2.11. The van der Waals surface area contributed by atoms with E-state index in [-0.39, 0.29) is 16.8 Å². The fourth-order valence-electron chi connectivity index (χ4n) is 1.12. The molecule has 1 atom stereocenters. The summed E-state index contributed by atoms with van der Waals surface area (Å²) in [6.07, 6.45) is 0. The van der Waals surface area contributed by atoms with E-state index in [1.54, 1.807) is 19.1 Å². The molecule has 0 aliphatic carbocycles. The highest BCUT2D eigenvalue weighted by atomic mass is 35.5. The van der Waals surface area contributed by atoms with E-state index in [2.05, 4.69) is 4.72 Å². The molecule has 0 saturated carbocycles. The SMILES string of the molecule is COc1ccc(S(=O)(=O)NC(C)CCl)cc1. The highest BCUT2D eigenvalue weighted by Crippen LogP contribution is 2.15. The fourth-order valence-corrected chi connectivity index (χ4v) is 2.53. The largest absolute Gasteiger partial charge is 0.497 e. The Morgan fingerprint density at radius 1 is 1.38 bits per heavy atom. The topological polar surface area (TPSA) is 55.4 Å². The summed E-state index contributed by atoms with van der Waals surface area (Å²) in [7, 11) is -1.96. The number of hydrogen-bond acceptors (Lipinski definition) is 3. The van der Waals surface area contributed by atoms with Crippen LogP contribution in [0, 0.1) is 0 Å². The third-order valence-corrected chi connectivity index (χ3v) is 4.03. The minimum absolute atomic E-state index is 0.199. The van der Waals surface area contributed by atoms with Crippen LogP contribution in [0.15, 0.2) is 29.2 Å². The Kier molecular flexibility index (Phi) is 4.58. The van der Waals surface area contributed by atoms with Gasteiger partial charge in [-0.3, -0.25) is 0 Å². The first-order valence-corrected chi connectivity index (χ1v) is 6.73. The molecule has 1 aromatic carbocycles. The van der Waals surface area contributed by atoms with E-state index >= 15 is 0 Å². The number of benzene rings is 1. The maximum absolute atomic E-state index is 11.8. The van der Waals surface area contributed by atoms with Crippen LogP contribution >= 0.6 is 11.6 Å². The second-order valence-electron chi connectivity index (χ2n) is 3.35. The quantitative estimate of drug-likeness (QED) is 0.821. The van der Waals surface area contributed by atoms with Crippen molar-refractivity contribution in [3.63, 3.8) is 0 Å². The summed E-state index contributed by atoms with van der Waals surface area (Å²) in [4.78, 5) is 0.199. The number of hydrogen-bond donors (Lipinski definition) is 1. The van der Waals surface area contributed by atoms with Crippen LogP contribution in [0.5, 0.6) is 5.75 Å². The molecule has 6 heteroatoms. The maximum atomic E-state index is 11.8. The molecule has 0 saturated heterocycles. The van der Waals surface area contributed by atoms with Gasteiger partial charge >= 0.3 is 0 Å². The van der Waals surface area contributed by atoms with Crippen LogP contribution < -0.4 is 9.46 Å².